The molecule has 1 N–H and O–H groups in total. The summed E-state index contributed by atoms with van der Waals surface area (Å²) in [6, 6.07) is 12.4. The van der Waals surface area contributed by atoms with E-state index in [0.29, 0.717) is 6.54 Å². The normalized spacial score (nSPS) is 18.4. The van der Waals surface area contributed by atoms with E-state index in [9.17, 15) is 4.79 Å². The number of nitrogens with zero attached hydrogens (tertiary/aromatic N) is 3. The molecular formula is C24H25N4OS-. The third kappa shape index (κ3) is 2.89. The highest BCUT2D eigenvalue weighted by Crippen LogP contribution is 2.44. The number of benzene rings is 2. The number of aliphatic imine (C=N–C) groups is 1. The number of aromatic amines is 1. The number of nitrogens with one attached hydrogen (secondary N) is 1. The lowest BCUT2D eigenvalue weighted by molar-refractivity contribution is 0.103. The molecule has 0 atom stereocenters. The van der Waals surface area contributed by atoms with Gasteiger partial charge in [0, 0.05) is 46.4 Å². The van der Waals surface area contributed by atoms with Crippen LogP contribution >= 0.6 is 0 Å². The lowest BCUT2D eigenvalue weighted by Gasteiger charge is -2.41. The Morgan fingerprint density at radius 2 is 1.90 bits per heavy atom. The van der Waals surface area contributed by atoms with Gasteiger partial charge >= 0.3 is 0 Å². The maximum absolute atomic E-state index is 13.5. The molecule has 2 aromatic carbocycles. The number of anilines is 1. The second kappa shape index (κ2) is 7.00. The molecule has 0 radical (unpaired) electrons. The Hall–Kier alpha value is -2.57. The molecule has 2 aliphatic rings. The lowest BCUT2D eigenvalue weighted by atomic mass is 9.71. The largest absolute Gasteiger partial charge is 0.702 e. The van der Waals surface area contributed by atoms with Crippen LogP contribution < -0.4 is 4.90 Å². The van der Waals surface area contributed by atoms with Crippen LogP contribution in [0.4, 0.5) is 5.69 Å². The Kier molecular flexibility index (Phi) is 4.52. The van der Waals surface area contributed by atoms with Crippen molar-refractivity contribution in [2.45, 2.75) is 25.8 Å². The molecule has 5 rings (SSSR count). The van der Waals surface area contributed by atoms with Gasteiger partial charge in [0.25, 0.3) is 0 Å². The molecule has 1 aliphatic carbocycles. The zero-order valence-corrected chi connectivity index (χ0v) is 18.2. The number of aromatic nitrogens is 1. The number of fused-ring (bicyclic) bond motifs is 4. The number of hydrogen-bond acceptors (Lipinski definition) is 5. The number of carbonyl (C=O) groups is 1. The van der Waals surface area contributed by atoms with E-state index in [2.05, 4.69) is 53.6 Å². The zero-order chi connectivity index (χ0) is 21.0. The van der Waals surface area contributed by atoms with Crippen molar-refractivity contribution < 1.29 is 4.79 Å². The minimum Gasteiger partial charge on any atom is -0.702 e. The maximum atomic E-state index is 13.5. The van der Waals surface area contributed by atoms with Gasteiger partial charge in [0.15, 0.2) is 5.78 Å². The molecule has 0 spiro atoms. The van der Waals surface area contributed by atoms with Crippen molar-refractivity contribution >= 4 is 41.9 Å². The second-order valence-corrected chi connectivity index (χ2v) is 9.25. The van der Waals surface area contributed by atoms with Crippen molar-refractivity contribution in [1.82, 2.24) is 9.29 Å². The minimum atomic E-state index is -0.301. The minimum absolute atomic E-state index is 0.0992. The molecule has 5 nitrogen and oxygen atoms in total. The molecule has 2 heterocycles. The highest BCUT2D eigenvalue weighted by Gasteiger charge is 2.40. The number of hydrogen-bond donors (Lipinski definition) is 1. The average Bonchev–Trinajstić information content (AvgIpc) is 3.13. The summed E-state index contributed by atoms with van der Waals surface area (Å²) in [5.41, 5.74) is 6.61. The predicted molar refractivity (Wildman–Crippen MR) is 125 cm³/mol. The van der Waals surface area contributed by atoms with Crippen LogP contribution in [-0.4, -0.2) is 48.0 Å². The van der Waals surface area contributed by atoms with E-state index < -0.39 is 0 Å². The fourth-order valence-electron chi connectivity index (χ4n) is 4.84. The molecule has 0 bridgehead atoms. The Balaban J connectivity index is 1.62. The highest BCUT2D eigenvalue weighted by atomic mass is 32.1. The van der Waals surface area contributed by atoms with Gasteiger partial charge in [0.05, 0.1) is 12.1 Å². The number of H-pyrrole nitrogens is 1. The van der Waals surface area contributed by atoms with Crippen LogP contribution in [0, 0.1) is 0 Å². The number of rotatable bonds is 3. The van der Waals surface area contributed by atoms with Gasteiger partial charge in [-0.2, -0.15) is 0 Å². The Bertz CT molecular complexity index is 1170. The Labute approximate surface area is 182 Å². The van der Waals surface area contributed by atoms with Gasteiger partial charge < -0.3 is 27.0 Å². The molecule has 0 saturated carbocycles. The quantitative estimate of drug-likeness (QED) is 0.520. The summed E-state index contributed by atoms with van der Waals surface area (Å²) in [5.74, 6) is 0.0992. The van der Waals surface area contributed by atoms with Gasteiger partial charge in [0.1, 0.15) is 0 Å². The fourth-order valence-corrected chi connectivity index (χ4v) is 5.00. The lowest BCUT2D eigenvalue weighted by Crippen LogP contribution is -2.44. The van der Waals surface area contributed by atoms with Crippen LogP contribution in [0.2, 0.25) is 0 Å². The summed E-state index contributed by atoms with van der Waals surface area (Å²) in [7, 11) is 0. The van der Waals surface area contributed by atoms with Crippen molar-refractivity contribution in [1.29, 1.82) is 0 Å². The summed E-state index contributed by atoms with van der Waals surface area (Å²) >= 11 is 5.29. The number of carbonyl (C=O) groups excluding carboxylic acids is 1. The highest BCUT2D eigenvalue weighted by molar-refractivity contribution is 7.55. The Morgan fingerprint density at radius 1 is 1.13 bits per heavy atom. The first-order valence-electron chi connectivity index (χ1n) is 10.3. The molecule has 30 heavy (non-hydrogen) atoms. The van der Waals surface area contributed by atoms with Crippen molar-refractivity contribution in [3.63, 3.8) is 0 Å². The molecule has 0 unspecified atom stereocenters. The molecule has 1 aliphatic heterocycles. The molecular weight excluding hydrogens is 392 g/mol. The Morgan fingerprint density at radius 3 is 2.63 bits per heavy atom. The van der Waals surface area contributed by atoms with Crippen molar-refractivity contribution in [3.05, 3.63) is 64.3 Å². The van der Waals surface area contributed by atoms with E-state index in [-0.39, 0.29) is 11.2 Å². The third-order valence-corrected chi connectivity index (χ3v) is 6.90. The number of piperazine rings is 1. The summed E-state index contributed by atoms with van der Waals surface area (Å²) in [5, 5.41) is 0.979. The smallest absolute Gasteiger partial charge is 0.195 e. The van der Waals surface area contributed by atoms with E-state index in [1.165, 1.54) is 0 Å². The summed E-state index contributed by atoms with van der Waals surface area (Å²) in [4.78, 5) is 23.4. The molecule has 1 aromatic heterocycles. The summed E-state index contributed by atoms with van der Waals surface area (Å²) in [6.07, 6.45) is 0. The van der Waals surface area contributed by atoms with Gasteiger partial charge in [-0.15, -0.1) is 0 Å². The van der Waals surface area contributed by atoms with Crippen molar-refractivity contribution in [3.8, 4) is 0 Å². The standard InChI is InChI=1S/C24H25N4OS/c1-24(2)19-13-16(27-8-10-28(30)11-9-27)5-7-17(19)22(29)21-18-6-4-15(14-25-3)12-20(18)26-23(21)24/h4-7,12-13,26H,3,8-11,14H2,1-2H3/q-1. The van der Waals surface area contributed by atoms with Gasteiger partial charge in [-0.25, -0.2) is 0 Å². The summed E-state index contributed by atoms with van der Waals surface area (Å²) < 4.78 is 1.94. The van der Waals surface area contributed by atoms with Crippen LogP contribution in [0.15, 0.2) is 41.4 Å². The monoisotopic (exact) mass is 417 g/mol. The first kappa shape index (κ1) is 19.4. The van der Waals surface area contributed by atoms with E-state index in [0.717, 1.165) is 70.7 Å². The van der Waals surface area contributed by atoms with Crippen molar-refractivity contribution in [2.75, 3.05) is 31.1 Å². The van der Waals surface area contributed by atoms with Gasteiger partial charge in [0.2, 0.25) is 0 Å². The zero-order valence-electron chi connectivity index (χ0n) is 17.4. The van der Waals surface area contributed by atoms with Crippen molar-refractivity contribution in [2.24, 2.45) is 4.99 Å². The van der Waals surface area contributed by atoms with E-state index in [1.54, 1.807) is 0 Å². The topological polar surface area (TPSA) is 51.7 Å². The van der Waals surface area contributed by atoms with Crippen LogP contribution in [0.25, 0.3) is 10.9 Å². The van der Waals surface area contributed by atoms with Crippen LogP contribution in [0.1, 0.15) is 46.6 Å². The maximum Gasteiger partial charge on any atom is 0.195 e. The van der Waals surface area contributed by atoms with Crippen LogP contribution in [0.5, 0.6) is 0 Å². The molecule has 1 saturated heterocycles. The molecule has 1 fully saturated rings. The van der Waals surface area contributed by atoms with E-state index in [4.69, 9.17) is 12.8 Å². The molecule has 0 amide bonds. The first-order valence-corrected chi connectivity index (χ1v) is 10.7. The van der Waals surface area contributed by atoms with Gasteiger partial charge in [-0.05, 0) is 55.2 Å². The average molecular weight is 418 g/mol. The van der Waals surface area contributed by atoms with Gasteiger partial charge in [-0.1, -0.05) is 26.0 Å². The second-order valence-electron chi connectivity index (χ2n) is 8.74. The first-order chi connectivity index (χ1) is 14.4. The SMILES string of the molecule is C=NCc1ccc2c3c([nH]c2c1)C(C)(C)c1cc(N2CCN([S-])CC2)ccc1C3=O. The van der Waals surface area contributed by atoms with E-state index in [1.807, 2.05) is 22.5 Å². The molecule has 154 valence electrons. The van der Waals surface area contributed by atoms with Crippen LogP contribution in [-0.2, 0) is 24.8 Å². The van der Waals surface area contributed by atoms with Crippen LogP contribution in [0.3, 0.4) is 0 Å². The van der Waals surface area contributed by atoms with Gasteiger partial charge in [-0.3, -0.25) is 9.79 Å². The fraction of sp³-hybridized carbons (Fsp3) is 0.333. The molecule has 6 heteroatoms. The number of ketones is 1. The molecule has 3 aromatic rings. The predicted octanol–water partition coefficient (Wildman–Crippen LogP) is 3.82. The summed E-state index contributed by atoms with van der Waals surface area (Å²) in [6.45, 7) is 12.1. The third-order valence-electron chi connectivity index (χ3n) is 6.53. The van der Waals surface area contributed by atoms with E-state index >= 15 is 0 Å².